The van der Waals surface area contributed by atoms with Gasteiger partial charge in [-0.25, -0.2) is 4.79 Å². The molecular formula is C18H16ClF3N2O3. The normalized spacial score (nSPS) is 13.4. The molecule has 0 aliphatic carbocycles. The predicted molar refractivity (Wildman–Crippen MR) is 94.4 cm³/mol. The van der Waals surface area contributed by atoms with Crippen molar-refractivity contribution in [2.45, 2.75) is 18.8 Å². The number of hydrogen-bond acceptors (Lipinski definition) is 4. The molecule has 5 nitrogen and oxygen atoms in total. The number of hydrogen-bond donors (Lipinski definition) is 2. The largest absolute Gasteiger partial charge is 0.463 e. The van der Waals surface area contributed by atoms with E-state index in [0.717, 1.165) is 0 Å². The highest BCUT2D eigenvalue weighted by molar-refractivity contribution is 6.30. The molecule has 2 aromatic rings. The van der Waals surface area contributed by atoms with Gasteiger partial charge in [0.05, 0.1) is 6.61 Å². The van der Waals surface area contributed by atoms with Gasteiger partial charge in [0.1, 0.15) is 0 Å². The molecule has 27 heavy (non-hydrogen) atoms. The van der Waals surface area contributed by atoms with Crippen LogP contribution in [0.3, 0.4) is 0 Å². The monoisotopic (exact) mass is 400 g/mol. The molecule has 1 amide bonds. The van der Waals surface area contributed by atoms with Crippen molar-refractivity contribution in [2.75, 3.05) is 11.9 Å². The molecule has 0 spiro atoms. The summed E-state index contributed by atoms with van der Waals surface area (Å²) in [4.78, 5) is 24.7. The van der Waals surface area contributed by atoms with Crippen molar-refractivity contribution in [3.8, 4) is 0 Å². The van der Waals surface area contributed by atoms with E-state index in [9.17, 15) is 22.8 Å². The minimum Gasteiger partial charge on any atom is -0.463 e. The first-order chi connectivity index (χ1) is 12.7. The van der Waals surface area contributed by atoms with Crippen molar-refractivity contribution in [1.82, 2.24) is 5.32 Å². The van der Waals surface area contributed by atoms with E-state index in [2.05, 4.69) is 10.1 Å². The van der Waals surface area contributed by atoms with Gasteiger partial charge in [-0.05, 0) is 43.3 Å². The number of ether oxygens (including phenoxy) is 1. The lowest BCUT2D eigenvalue weighted by Gasteiger charge is -2.35. The fourth-order valence-electron chi connectivity index (χ4n) is 2.21. The molecular weight excluding hydrogens is 385 g/mol. The zero-order chi connectivity index (χ0) is 20.1. The van der Waals surface area contributed by atoms with Crippen molar-refractivity contribution in [2.24, 2.45) is 0 Å². The van der Waals surface area contributed by atoms with E-state index in [0.29, 0.717) is 5.02 Å². The molecule has 2 rings (SSSR count). The van der Waals surface area contributed by atoms with Crippen LogP contribution in [0, 0.1) is 0 Å². The molecule has 0 aromatic heterocycles. The maximum Gasteiger partial charge on any atom is 0.441 e. The van der Waals surface area contributed by atoms with Crippen LogP contribution in [-0.4, -0.2) is 30.3 Å². The predicted octanol–water partition coefficient (Wildman–Crippen LogP) is 4.00. The zero-order valence-electron chi connectivity index (χ0n) is 14.1. The minimum atomic E-state index is -5.21. The molecule has 2 aromatic carbocycles. The Morgan fingerprint density at radius 1 is 1.04 bits per heavy atom. The van der Waals surface area contributed by atoms with Crippen LogP contribution in [0.5, 0.6) is 0 Å². The van der Waals surface area contributed by atoms with Crippen LogP contribution in [0.1, 0.15) is 17.3 Å². The highest BCUT2D eigenvalue weighted by Gasteiger charge is 2.63. The van der Waals surface area contributed by atoms with Gasteiger partial charge in [-0.2, -0.15) is 13.2 Å². The van der Waals surface area contributed by atoms with Gasteiger partial charge >= 0.3 is 17.8 Å². The molecule has 0 bridgehead atoms. The third kappa shape index (κ3) is 4.71. The molecule has 0 heterocycles. The second-order valence-corrected chi connectivity index (χ2v) is 5.86. The molecule has 0 aliphatic rings. The molecule has 9 heteroatoms. The number of halogens is 4. The topological polar surface area (TPSA) is 67.4 Å². The second kappa shape index (κ2) is 8.30. The molecule has 0 saturated carbocycles. The van der Waals surface area contributed by atoms with Gasteiger partial charge in [-0.3, -0.25) is 4.79 Å². The van der Waals surface area contributed by atoms with Crippen LogP contribution in [-0.2, 0) is 9.53 Å². The van der Waals surface area contributed by atoms with Gasteiger partial charge in [0.15, 0.2) is 0 Å². The Bertz CT molecular complexity index is 798. The number of amides is 1. The van der Waals surface area contributed by atoms with Crippen molar-refractivity contribution >= 4 is 29.2 Å². The van der Waals surface area contributed by atoms with Gasteiger partial charge in [0.25, 0.3) is 5.91 Å². The van der Waals surface area contributed by atoms with E-state index < -0.39 is 23.7 Å². The number of alkyl halides is 3. The molecule has 0 fully saturated rings. The Morgan fingerprint density at radius 2 is 1.63 bits per heavy atom. The molecule has 1 unspecified atom stereocenters. The fraction of sp³-hybridized carbons (Fsp3) is 0.222. The second-order valence-electron chi connectivity index (χ2n) is 5.42. The average molecular weight is 401 g/mol. The van der Waals surface area contributed by atoms with Crippen LogP contribution in [0.25, 0.3) is 0 Å². The van der Waals surface area contributed by atoms with E-state index in [1.54, 1.807) is 11.4 Å². The van der Waals surface area contributed by atoms with Gasteiger partial charge < -0.3 is 15.4 Å². The quantitative estimate of drug-likeness (QED) is 0.568. The molecule has 0 aliphatic heterocycles. The minimum absolute atomic E-state index is 0.0478. The van der Waals surface area contributed by atoms with Crippen LogP contribution >= 0.6 is 11.6 Å². The standard InChI is InChI=1S/C18H16ClF3N2O3/c1-2-27-16(26)17(18(20,21)22,23-14-10-8-13(19)9-11-14)24-15(25)12-6-4-3-5-7-12/h3-11,23H,2H2,1H3,(H,24,25). The Kier molecular flexibility index (Phi) is 6.32. The molecule has 0 radical (unpaired) electrons. The van der Waals surface area contributed by atoms with E-state index in [1.165, 1.54) is 55.5 Å². The highest BCUT2D eigenvalue weighted by atomic mass is 35.5. The fourth-order valence-corrected chi connectivity index (χ4v) is 2.34. The lowest BCUT2D eigenvalue weighted by atomic mass is 10.1. The lowest BCUT2D eigenvalue weighted by molar-refractivity contribution is -0.204. The molecule has 1 atom stereocenters. The summed E-state index contributed by atoms with van der Waals surface area (Å²) < 4.78 is 46.6. The van der Waals surface area contributed by atoms with Crippen LogP contribution in [0.2, 0.25) is 5.02 Å². The Balaban J connectivity index is 2.48. The van der Waals surface area contributed by atoms with Crippen molar-refractivity contribution in [1.29, 1.82) is 0 Å². The number of esters is 1. The molecule has 144 valence electrons. The third-order valence-electron chi connectivity index (χ3n) is 3.52. The van der Waals surface area contributed by atoms with Crippen LogP contribution in [0.15, 0.2) is 54.6 Å². The van der Waals surface area contributed by atoms with Crippen molar-refractivity contribution < 1.29 is 27.5 Å². The average Bonchev–Trinajstić information content (AvgIpc) is 2.62. The summed E-state index contributed by atoms with van der Waals surface area (Å²) in [5.41, 5.74) is -3.62. The number of carbonyl (C=O) groups excluding carboxylic acids is 2. The summed E-state index contributed by atoms with van der Waals surface area (Å²) in [6.07, 6.45) is -5.21. The first-order valence-electron chi connectivity index (χ1n) is 7.85. The van der Waals surface area contributed by atoms with Gasteiger partial charge in [0, 0.05) is 16.3 Å². The van der Waals surface area contributed by atoms with Crippen molar-refractivity contribution in [3.63, 3.8) is 0 Å². The SMILES string of the molecule is CCOC(=O)C(NC(=O)c1ccccc1)(Nc1ccc(Cl)cc1)C(F)(F)F. The number of anilines is 1. The van der Waals surface area contributed by atoms with Crippen LogP contribution < -0.4 is 10.6 Å². The van der Waals surface area contributed by atoms with Crippen molar-refractivity contribution in [3.05, 3.63) is 65.2 Å². The summed E-state index contributed by atoms with van der Waals surface area (Å²) in [6.45, 7) is 1.06. The van der Waals surface area contributed by atoms with E-state index in [1.807, 2.05) is 0 Å². The number of carbonyl (C=O) groups is 2. The number of rotatable bonds is 6. The van der Waals surface area contributed by atoms with Crippen LogP contribution in [0.4, 0.5) is 18.9 Å². The highest BCUT2D eigenvalue weighted by Crippen LogP contribution is 2.33. The van der Waals surface area contributed by atoms with E-state index >= 15 is 0 Å². The maximum atomic E-state index is 14.0. The first kappa shape index (κ1) is 20.6. The Labute approximate surface area is 158 Å². The van der Waals surface area contributed by atoms with Gasteiger partial charge in [-0.1, -0.05) is 29.8 Å². The zero-order valence-corrected chi connectivity index (χ0v) is 14.9. The summed E-state index contributed by atoms with van der Waals surface area (Å²) in [7, 11) is 0. The maximum absolute atomic E-state index is 14.0. The third-order valence-corrected chi connectivity index (χ3v) is 3.77. The number of benzene rings is 2. The molecule has 0 saturated heterocycles. The Hall–Kier alpha value is -2.74. The number of nitrogens with one attached hydrogen (secondary N) is 2. The molecule has 2 N–H and O–H groups in total. The van der Waals surface area contributed by atoms with E-state index in [4.69, 9.17) is 11.6 Å². The summed E-state index contributed by atoms with van der Waals surface area (Å²) >= 11 is 5.74. The lowest BCUT2D eigenvalue weighted by Crippen LogP contribution is -2.69. The first-order valence-corrected chi connectivity index (χ1v) is 8.22. The van der Waals surface area contributed by atoms with Gasteiger partial charge in [-0.15, -0.1) is 0 Å². The Morgan fingerprint density at radius 3 is 2.15 bits per heavy atom. The summed E-state index contributed by atoms with van der Waals surface area (Å²) in [6, 6.07) is 12.4. The smallest absolute Gasteiger partial charge is 0.441 e. The summed E-state index contributed by atoms with van der Waals surface area (Å²) in [5, 5.41) is 4.10. The van der Waals surface area contributed by atoms with Gasteiger partial charge in [0.2, 0.25) is 0 Å². The van der Waals surface area contributed by atoms with E-state index in [-0.39, 0.29) is 17.9 Å². The summed E-state index contributed by atoms with van der Waals surface area (Å²) in [5.74, 6) is -2.78.